The maximum atomic E-state index is 13.2. The number of carbonyl (C=O) groups is 2. The minimum atomic E-state index is -0.721. The van der Waals surface area contributed by atoms with Crippen molar-refractivity contribution in [2.75, 3.05) is 13.2 Å². The first kappa shape index (κ1) is 25.0. The maximum Gasteiger partial charge on any atom is 0.261 e. The molecule has 5 nitrogen and oxygen atoms in total. The number of benzene rings is 2. The van der Waals surface area contributed by atoms with Gasteiger partial charge >= 0.3 is 0 Å². The fourth-order valence-electron chi connectivity index (χ4n) is 2.99. The van der Waals surface area contributed by atoms with Crippen LogP contribution in [0.5, 0.6) is 5.75 Å². The molecule has 0 radical (unpaired) electrons. The fourth-order valence-corrected chi connectivity index (χ4v) is 3.51. The van der Waals surface area contributed by atoms with Gasteiger partial charge in [-0.3, -0.25) is 9.59 Å². The van der Waals surface area contributed by atoms with Crippen molar-refractivity contribution < 1.29 is 14.3 Å². The molecule has 0 aliphatic carbocycles. The van der Waals surface area contributed by atoms with Crippen molar-refractivity contribution in [3.63, 3.8) is 0 Å². The molecule has 0 spiro atoms. The summed E-state index contributed by atoms with van der Waals surface area (Å²) >= 11 is 12.6. The van der Waals surface area contributed by atoms with E-state index in [-0.39, 0.29) is 25.0 Å². The molecule has 2 aromatic carbocycles. The lowest BCUT2D eigenvalue weighted by atomic mass is 10.1. The van der Waals surface area contributed by atoms with E-state index in [0.717, 1.165) is 11.1 Å². The Kier molecular flexibility index (Phi) is 9.20. The third kappa shape index (κ3) is 6.88. The zero-order valence-electron chi connectivity index (χ0n) is 18.7. The number of nitrogens with one attached hydrogen (secondary N) is 1. The molecule has 0 aliphatic heterocycles. The van der Waals surface area contributed by atoms with Crippen LogP contribution in [0.25, 0.3) is 0 Å². The van der Waals surface area contributed by atoms with E-state index in [1.807, 2.05) is 45.9 Å². The Hall–Kier alpha value is -2.24. The largest absolute Gasteiger partial charge is 0.483 e. The lowest BCUT2D eigenvalue weighted by Crippen LogP contribution is -2.49. The van der Waals surface area contributed by atoms with Gasteiger partial charge < -0.3 is 15.0 Å². The Morgan fingerprint density at radius 1 is 1.03 bits per heavy atom. The monoisotopic (exact) mass is 464 g/mol. The fraction of sp³-hybridized carbons (Fsp3) is 0.417. The molecule has 0 heterocycles. The van der Waals surface area contributed by atoms with E-state index in [1.54, 1.807) is 25.1 Å². The van der Waals surface area contributed by atoms with Gasteiger partial charge in [-0.15, -0.1) is 0 Å². The summed E-state index contributed by atoms with van der Waals surface area (Å²) in [5.74, 6) is 0.369. The van der Waals surface area contributed by atoms with E-state index in [9.17, 15) is 9.59 Å². The Bertz CT molecular complexity index is 911. The van der Waals surface area contributed by atoms with Gasteiger partial charge in [0.25, 0.3) is 5.91 Å². The van der Waals surface area contributed by atoms with Crippen molar-refractivity contribution in [2.45, 2.75) is 47.2 Å². The number of rotatable bonds is 9. The number of nitrogens with zero attached hydrogens (tertiary/aromatic N) is 1. The molecule has 2 aromatic rings. The number of amides is 2. The summed E-state index contributed by atoms with van der Waals surface area (Å²) in [5, 5.41) is 3.76. The van der Waals surface area contributed by atoms with Gasteiger partial charge in [0.2, 0.25) is 5.91 Å². The molecule has 1 N–H and O–H groups in total. The van der Waals surface area contributed by atoms with Crippen LogP contribution in [-0.2, 0) is 16.1 Å². The number of aryl methyl sites for hydroxylation is 1. The molecule has 0 saturated heterocycles. The maximum absolute atomic E-state index is 13.2. The second-order valence-corrected chi connectivity index (χ2v) is 8.84. The van der Waals surface area contributed by atoms with Crippen molar-refractivity contribution in [3.05, 3.63) is 63.1 Å². The third-order valence-electron chi connectivity index (χ3n) is 5.15. The lowest BCUT2D eigenvalue weighted by Gasteiger charge is -2.29. The molecule has 2 amide bonds. The number of halogens is 2. The van der Waals surface area contributed by atoms with E-state index in [0.29, 0.717) is 33.8 Å². The highest BCUT2D eigenvalue weighted by molar-refractivity contribution is 6.36. The van der Waals surface area contributed by atoms with Crippen LogP contribution in [0.1, 0.15) is 37.5 Å². The van der Waals surface area contributed by atoms with Crippen LogP contribution in [0.4, 0.5) is 0 Å². The van der Waals surface area contributed by atoms with Crippen LogP contribution in [0.3, 0.4) is 0 Å². The average Bonchev–Trinajstić information content (AvgIpc) is 2.72. The van der Waals surface area contributed by atoms with Crippen molar-refractivity contribution >= 4 is 35.0 Å². The molecule has 168 valence electrons. The molecule has 1 atom stereocenters. The number of hydrogen-bond donors (Lipinski definition) is 1. The summed E-state index contributed by atoms with van der Waals surface area (Å²) in [6.07, 6.45) is 0. The SMILES string of the molecule is Cc1cccc(OCC(=O)N(Cc2c(Cl)cccc2Cl)C(C)C(=O)NCC(C)C)c1C. The molecular formula is C24H30Cl2N2O3. The van der Waals surface area contributed by atoms with Gasteiger partial charge in [0.15, 0.2) is 6.61 Å². The molecule has 2 rings (SSSR count). The number of ether oxygens (including phenoxy) is 1. The highest BCUT2D eigenvalue weighted by Gasteiger charge is 2.28. The van der Waals surface area contributed by atoms with Crippen LogP contribution in [0.2, 0.25) is 10.0 Å². The first-order valence-electron chi connectivity index (χ1n) is 10.3. The Morgan fingerprint density at radius 2 is 1.65 bits per heavy atom. The lowest BCUT2D eigenvalue weighted by molar-refractivity contribution is -0.142. The van der Waals surface area contributed by atoms with Gasteiger partial charge in [0.05, 0.1) is 0 Å². The van der Waals surface area contributed by atoms with Crippen molar-refractivity contribution in [1.29, 1.82) is 0 Å². The molecule has 0 bridgehead atoms. The van der Waals surface area contributed by atoms with Gasteiger partial charge in [-0.2, -0.15) is 0 Å². The first-order valence-corrected chi connectivity index (χ1v) is 11.1. The standard InChI is InChI=1S/C24H30Cl2N2O3/c1-15(2)12-27-24(30)18(5)28(13-19-20(25)9-7-10-21(19)26)23(29)14-31-22-11-6-8-16(3)17(22)4/h6-11,15,18H,12-14H2,1-5H3,(H,27,30). The average molecular weight is 465 g/mol. The zero-order valence-corrected chi connectivity index (χ0v) is 20.2. The van der Waals surface area contributed by atoms with Gasteiger partial charge in [0.1, 0.15) is 11.8 Å². The second kappa shape index (κ2) is 11.4. The zero-order chi connectivity index (χ0) is 23.1. The predicted octanol–water partition coefficient (Wildman–Crippen LogP) is 5.18. The summed E-state index contributed by atoms with van der Waals surface area (Å²) in [7, 11) is 0. The van der Waals surface area contributed by atoms with Crippen LogP contribution in [0.15, 0.2) is 36.4 Å². The highest BCUT2D eigenvalue weighted by atomic mass is 35.5. The van der Waals surface area contributed by atoms with Crippen molar-refractivity contribution in [3.8, 4) is 5.75 Å². The molecule has 7 heteroatoms. The Morgan fingerprint density at radius 3 is 2.26 bits per heavy atom. The van der Waals surface area contributed by atoms with Gasteiger partial charge in [-0.25, -0.2) is 0 Å². The van der Waals surface area contributed by atoms with Crippen LogP contribution in [0, 0.1) is 19.8 Å². The minimum absolute atomic E-state index is 0.101. The molecular weight excluding hydrogens is 435 g/mol. The van der Waals surface area contributed by atoms with Crippen LogP contribution >= 0.6 is 23.2 Å². The number of hydrogen-bond acceptors (Lipinski definition) is 3. The smallest absolute Gasteiger partial charge is 0.261 e. The van der Waals surface area contributed by atoms with Crippen LogP contribution in [-0.4, -0.2) is 35.9 Å². The predicted molar refractivity (Wildman–Crippen MR) is 126 cm³/mol. The first-order chi connectivity index (χ1) is 14.6. The summed E-state index contributed by atoms with van der Waals surface area (Å²) in [6, 6.07) is 10.1. The van der Waals surface area contributed by atoms with Crippen molar-refractivity contribution in [2.24, 2.45) is 5.92 Å². The minimum Gasteiger partial charge on any atom is -0.483 e. The molecule has 31 heavy (non-hydrogen) atoms. The molecule has 0 aromatic heterocycles. The molecule has 0 fully saturated rings. The normalized spacial score (nSPS) is 11.9. The summed E-state index contributed by atoms with van der Waals surface area (Å²) in [6.45, 7) is 10.1. The highest BCUT2D eigenvalue weighted by Crippen LogP contribution is 2.27. The topological polar surface area (TPSA) is 58.6 Å². The quantitative estimate of drug-likeness (QED) is 0.555. The van der Waals surface area contributed by atoms with E-state index < -0.39 is 6.04 Å². The summed E-state index contributed by atoms with van der Waals surface area (Å²) in [4.78, 5) is 27.3. The van der Waals surface area contributed by atoms with Gasteiger partial charge in [-0.05, 0) is 56.0 Å². The van der Waals surface area contributed by atoms with E-state index in [1.165, 1.54) is 4.90 Å². The Labute approximate surface area is 194 Å². The third-order valence-corrected chi connectivity index (χ3v) is 5.86. The molecule has 1 unspecified atom stereocenters. The number of carbonyl (C=O) groups excluding carboxylic acids is 2. The molecule has 0 saturated carbocycles. The Balaban J connectivity index is 2.24. The molecule has 0 aliphatic rings. The van der Waals surface area contributed by atoms with E-state index >= 15 is 0 Å². The second-order valence-electron chi connectivity index (χ2n) is 8.02. The summed E-state index contributed by atoms with van der Waals surface area (Å²) < 4.78 is 5.80. The summed E-state index contributed by atoms with van der Waals surface area (Å²) in [5.41, 5.74) is 2.64. The van der Waals surface area contributed by atoms with Crippen LogP contribution < -0.4 is 10.1 Å². The van der Waals surface area contributed by atoms with Gasteiger partial charge in [0, 0.05) is 28.7 Å². The van der Waals surface area contributed by atoms with Gasteiger partial charge in [-0.1, -0.05) is 55.2 Å². The van der Waals surface area contributed by atoms with E-state index in [4.69, 9.17) is 27.9 Å². The van der Waals surface area contributed by atoms with E-state index in [2.05, 4.69) is 5.32 Å². The van der Waals surface area contributed by atoms with Crippen molar-refractivity contribution in [1.82, 2.24) is 10.2 Å².